The van der Waals surface area contributed by atoms with Crippen molar-refractivity contribution in [2.45, 2.75) is 0 Å². The zero-order valence-electron chi connectivity index (χ0n) is 13.8. The normalized spacial score (nSPS) is 12.5. The van der Waals surface area contributed by atoms with Crippen LogP contribution in [0, 0.1) is 0 Å². The van der Waals surface area contributed by atoms with E-state index < -0.39 is 0 Å². The Bertz CT molecular complexity index is 1120. The Labute approximate surface area is 152 Å². The van der Waals surface area contributed by atoms with Gasteiger partial charge in [0.1, 0.15) is 5.69 Å². The van der Waals surface area contributed by atoms with Crippen molar-refractivity contribution in [3.8, 4) is 11.5 Å². The minimum atomic E-state index is -0.126. The number of benzene rings is 1. The Morgan fingerprint density at radius 1 is 1.11 bits per heavy atom. The van der Waals surface area contributed by atoms with Crippen LogP contribution in [0.15, 0.2) is 75.6 Å². The number of oxime groups is 1. The molecule has 3 heterocycles. The number of hydroxylamine groups is 1. The summed E-state index contributed by atoms with van der Waals surface area (Å²) in [5, 5.41) is 26.3. The number of amidine groups is 1. The molecule has 134 valence electrons. The SMILES string of the molecule is O/N=C(/C(=N/c1nc2nccc(-c3ccco3)n2n1)NO)c1ccccc1. The third kappa shape index (κ3) is 3.12. The molecule has 3 N–H and O–H groups in total. The van der Waals surface area contributed by atoms with E-state index in [4.69, 9.17) is 4.42 Å². The molecule has 0 radical (unpaired) electrons. The topological polar surface area (TPSA) is 133 Å². The quantitative estimate of drug-likeness (QED) is 0.219. The molecule has 3 aromatic heterocycles. The average Bonchev–Trinajstić information content (AvgIpc) is 3.37. The minimum Gasteiger partial charge on any atom is -0.463 e. The second kappa shape index (κ2) is 7.06. The molecule has 0 fully saturated rings. The number of aliphatic imine (C=N–C) groups is 1. The molecular weight excluding hydrogens is 350 g/mol. The van der Waals surface area contributed by atoms with E-state index in [0.29, 0.717) is 22.8 Å². The summed E-state index contributed by atoms with van der Waals surface area (Å²) in [5.41, 5.74) is 3.12. The first kappa shape index (κ1) is 16.4. The summed E-state index contributed by atoms with van der Waals surface area (Å²) in [6, 6.07) is 14.0. The summed E-state index contributed by atoms with van der Waals surface area (Å²) >= 11 is 0. The number of nitrogens with one attached hydrogen (secondary N) is 1. The summed E-state index contributed by atoms with van der Waals surface area (Å²) in [6.45, 7) is 0. The van der Waals surface area contributed by atoms with Crippen molar-refractivity contribution in [1.29, 1.82) is 0 Å². The number of nitrogens with zero attached hydrogens (tertiary/aromatic N) is 6. The molecule has 0 unspecified atom stereocenters. The van der Waals surface area contributed by atoms with Crippen LogP contribution < -0.4 is 5.48 Å². The molecule has 1 aromatic carbocycles. The molecule has 0 aliphatic rings. The van der Waals surface area contributed by atoms with Gasteiger partial charge >= 0.3 is 0 Å². The fourth-order valence-corrected chi connectivity index (χ4v) is 2.51. The molecule has 0 atom stereocenters. The fraction of sp³-hybridized carbons (Fsp3) is 0. The Hall–Kier alpha value is -4.05. The van der Waals surface area contributed by atoms with Gasteiger partial charge in [-0.15, -0.1) is 5.10 Å². The predicted molar refractivity (Wildman–Crippen MR) is 95.3 cm³/mol. The van der Waals surface area contributed by atoms with E-state index in [1.807, 2.05) is 11.5 Å². The molecule has 10 nitrogen and oxygen atoms in total. The number of furan rings is 1. The molecule has 4 rings (SSSR count). The van der Waals surface area contributed by atoms with Gasteiger partial charge in [-0.05, 0) is 18.2 Å². The van der Waals surface area contributed by atoms with Gasteiger partial charge in [0.05, 0.1) is 6.26 Å². The lowest BCUT2D eigenvalue weighted by molar-refractivity contribution is 0.236. The third-order valence-electron chi connectivity index (χ3n) is 3.69. The van der Waals surface area contributed by atoms with E-state index in [2.05, 4.69) is 25.2 Å². The smallest absolute Gasteiger partial charge is 0.272 e. The van der Waals surface area contributed by atoms with Crippen LogP contribution in [0.2, 0.25) is 0 Å². The molecule has 10 heteroatoms. The molecule has 0 aliphatic heterocycles. The van der Waals surface area contributed by atoms with E-state index >= 15 is 0 Å². The molecule has 0 spiro atoms. The van der Waals surface area contributed by atoms with Gasteiger partial charge in [0.2, 0.25) is 0 Å². The van der Waals surface area contributed by atoms with Crippen LogP contribution in [0.5, 0.6) is 0 Å². The first-order chi connectivity index (χ1) is 13.3. The van der Waals surface area contributed by atoms with Crippen molar-refractivity contribution < 1.29 is 14.8 Å². The monoisotopic (exact) mass is 363 g/mol. The summed E-state index contributed by atoms with van der Waals surface area (Å²) in [7, 11) is 0. The van der Waals surface area contributed by atoms with Crippen LogP contribution >= 0.6 is 0 Å². The standard InChI is InChI=1S/C17H13N7O3/c25-22-14(11-5-2-1-3-6-11)15(23-26)19-16-20-17-18-9-8-12(24(17)21-16)13-7-4-10-27-13/h1-10,25-26H,(H,19,21,23)/b22-14+. The van der Waals surface area contributed by atoms with E-state index in [0.717, 1.165) is 0 Å². The molecule has 4 aromatic rings. The van der Waals surface area contributed by atoms with Gasteiger partial charge in [0, 0.05) is 11.8 Å². The van der Waals surface area contributed by atoms with Gasteiger partial charge in [-0.1, -0.05) is 35.5 Å². The van der Waals surface area contributed by atoms with Crippen LogP contribution in [-0.2, 0) is 0 Å². The first-order valence-corrected chi connectivity index (χ1v) is 7.82. The van der Waals surface area contributed by atoms with Crippen molar-refractivity contribution in [2.24, 2.45) is 10.1 Å². The minimum absolute atomic E-state index is 0.00939. The molecule has 0 aliphatic carbocycles. The first-order valence-electron chi connectivity index (χ1n) is 7.82. The Kier molecular flexibility index (Phi) is 4.29. The summed E-state index contributed by atoms with van der Waals surface area (Å²) in [5.74, 6) is 0.765. The highest BCUT2D eigenvalue weighted by atomic mass is 16.5. The van der Waals surface area contributed by atoms with Gasteiger partial charge in [-0.2, -0.15) is 14.5 Å². The van der Waals surface area contributed by atoms with Gasteiger partial charge in [-0.3, -0.25) is 10.7 Å². The van der Waals surface area contributed by atoms with Crippen LogP contribution in [0.4, 0.5) is 5.95 Å². The highest BCUT2D eigenvalue weighted by molar-refractivity contribution is 6.47. The summed E-state index contributed by atoms with van der Waals surface area (Å²) in [6.07, 6.45) is 3.13. The second-order valence-electron chi connectivity index (χ2n) is 5.32. The molecule has 0 bridgehead atoms. The van der Waals surface area contributed by atoms with Gasteiger partial charge in [0.25, 0.3) is 11.7 Å². The van der Waals surface area contributed by atoms with E-state index in [-0.39, 0.29) is 17.5 Å². The van der Waals surface area contributed by atoms with E-state index in [1.54, 1.807) is 54.9 Å². The van der Waals surface area contributed by atoms with Crippen LogP contribution in [0.3, 0.4) is 0 Å². The Balaban J connectivity index is 1.78. The van der Waals surface area contributed by atoms with Crippen molar-refractivity contribution in [1.82, 2.24) is 25.1 Å². The average molecular weight is 363 g/mol. The van der Waals surface area contributed by atoms with E-state index in [1.165, 1.54) is 4.52 Å². The number of fused-ring (bicyclic) bond motifs is 1. The van der Waals surface area contributed by atoms with Crippen molar-refractivity contribution in [3.63, 3.8) is 0 Å². The zero-order valence-corrected chi connectivity index (χ0v) is 13.8. The lowest BCUT2D eigenvalue weighted by Gasteiger charge is -2.05. The Morgan fingerprint density at radius 2 is 1.96 bits per heavy atom. The highest BCUT2D eigenvalue weighted by Crippen LogP contribution is 2.20. The molecule has 0 saturated heterocycles. The van der Waals surface area contributed by atoms with Crippen molar-refractivity contribution in [3.05, 3.63) is 66.6 Å². The third-order valence-corrected chi connectivity index (χ3v) is 3.69. The van der Waals surface area contributed by atoms with Crippen molar-refractivity contribution in [2.75, 3.05) is 0 Å². The largest absolute Gasteiger partial charge is 0.463 e. The lowest BCUT2D eigenvalue weighted by atomic mass is 10.1. The predicted octanol–water partition coefficient (Wildman–Crippen LogP) is 2.27. The maximum absolute atomic E-state index is 9.46. The second-order valence-corrected chi connectivity index (χ2v) is 5.32. The fourth-order valence-electron chi connectivity index (χ4n) is 2.51. The zero-order chi connectivity index (χ0) is 18.6. The lowest BCUT2D eigenvalue weighted by Crippen LogP contribution is -2.29. The van der Waals surface area contributed by atoms with Gasteiger partial charge < -0.3 is 9.62 Å². The van der Waals surface area contributed by atoms with Gasteiger partial charge in [0.15, 0.2) is 17.3 Å². The molecule has 0 amide bonds. The van der Waals surface area contributed by atoms with Crippen LogP contribution in [0.1, 0.15) is 5.56 Å². The molecular formula is C17H13N7O3. The molecule has 27 heavy (non-hydrogen) atoms. The maximum Gasteiger partial charge on any atom is 0.272 e. The Morgan fingerprint density at radius 3 is 2.67 bits per heavy atom. The number of hydrogen-bond acceptors (Lipinski definition) is 8. The van der Waals surface area contributed by atoms with Gasteiger partial charge in [-0.25, -0.2) is 4.98 Å². The summed E-state index contributed by atoms with van der Waals surface area (Å²) < 4.78 is 6.86. The summed E-state index contributed by atoms with van der Waals surface area (Å²) in [4.78, 5) is 12.5. The number of rotatable bonds is 4. The molecule has 0 saturated carbocycles. The maximum atomic E-state index is 9.46. The number of hydrogen-bond donors (Lipinski definition) is 3. The van der Waals surface area contributed by atoms with Crippen LogP contribution in [-0.4, -0.2) is 41.5 Å². The van der Waals surface area contributed by atoms with Crippen LogP contribution in [0.25, 0.3) is 17.2 Å². The highest BCUT2D eigenvalue weighted by Gasteiger charge is 2.16. The number of aromatic nitrogens is 4. The van der Waals surface area contributed by atoms with Crippen molar-refractivity contribution >= 4 is 23.3 Å². The van der Waals surface area contributed by atoms with E-state index in [9.17, 15) is 10.4 Å².